The van der Waals surface area contributed by atoms with E-state index >= 15 is 4.39 Å². The molecule has 7 heteroatoms. The number of hydrogen-bond donors (Lipinski definition) is 1. The summed E-state index contributed by atoms with van der Waals surface area (Å²) in [6, 6.07) is 8.86. The summed E-state index contributed by atoms with van der Waals surface area (Å²) in [5, 5.41) is 2.78. The first-order valence-electron chi connectivity index (χ1n) is 8.25. The molecule has 1 aromatic rings. The van der Waals surface area contributed by atoms with Crippen LogP contribution in [0.1, 0.15) is 12.8 Å². The van der Waals surface area contributed by atoms with Crippen LogP contribution in [0.4, 0.5) is 14.9 Å². The van der Waals surface area contributed by atoms with Gasteiger partial charge in [-0.05, 0) is 12.1 Å². The van der Waals surface area contributed by atoms with E-state index < -0.39 is 11.6 Å². The van der Waals surface area contributed by atoms with Crippen molar-refractivity contribution in [1.82, 2.24) is 9.80 Å². The van der Waals surface area contributed by atoms with Crippen LogP contribution in [-0.4, -0.2) is 66.8 Å². The Kier molecular flexibility index (Phi) is 4.99. The van der Waals surface area contributed by atoms with E-state index in [2.05, 4.69) is 5.32 Å². The summed E-state index contributed by atoms with van der Waals surface area (Å²) in [6.45, 7) is 2.22. The average Bonchev–Trinajstić information content (AvgIpc) is 2.63. The first kappa shape index (κ1) is 16.7. The number of piperidine rings is 1. The molecule has 0 aliphatic carbocycles. The van der Waals surface area contributed by atoms with Gasteiger partial charge in [-0.25, -0.2) is 9.18 Å². The summed E-state index contributed by atoms with van der Waals surface area (Å²) >= 11 is 0. The van der Waals surface area contributed by atoms with Crippen molar-refractivity contribution in [3.63, 3.8) is 0 Å². The monoisotopic (exact) mass is 335 g/mol. The molecule has 24 heavy (non-hydrogen) atoms. The molecule has 1 N–H and O–H groups in total. The van der Waals surface area contributed by atoms with E-state index in [1.807, 2.05) is 18.2 Å². The van der Waals surface area contributed by atoms with Crippen LogP contribution < -0.4 is 5.32 Å². The van der Waals surface area contributed by atoms with E-state index in [-0.39, 0.29) is 32.0 Å². The maximum absolute atomic E-state index is 15.0. The third-order valence-electron chi connectivity index (χ3n) is 4.55. The van der Waals surface area contributed by atoms with E-state index in [4.69, 9.17) is 4.74 Å². The van der Waals surface area contributed by atoms with Gasteiger partial charge in [-0.15, -0.1) is 0 Å². The summed E-state index contributed by atoms with van der Waals surface area (Å²) in [5.41, 5.74) is -1.18. The predicted octanol–water partition coefficient (Wildman–Crippen LogP) is 1.88. The van der Waals surface area contributed by atoms with Crippen LogP contribution in [0.5, 0.6) is 0 Å². The Bertz CT molecular complexity index is 582. The number of likely N-dealkylation sites (tertiary alicyclic amines) is 1. The lowest BCUT2D eigenvalue weighted by Crippen LogP contribution is -2.55. The number of alkyl halides is 1. The number of nitrogens with zero attached hydrogens (tertiary/aromatic N) is 2. The number of carbonyl (C=O) groups is 2. The molecule has 0 aromatic heterocycles. The van der Waals surface area contributed by atoms with Gasteiger partial charge in [-0.3, -0.25) is 4.79 Å². The van der Waals surface area contributed by atoms with Gasteiger partial charge in [0, 0.05) is 44.7 Å². The molecule has 0 unspecified atom stereocenters. The zero-order valence-corrected chi connectivity index (χ0v) is 13.5. The van der Waals surface area contributed by atoms with Crippen molar-refractivity contribution in [1.29, 1.82) is 0 Å². The van der Waals surface area contributed by atoms with Crippen LogP contribution in [-0.2, 0) is 9.53 Å². The van der Waals surface area contributed by atoms with Gasteiger partial charge in [0.25, 0.3) is 5.91 Å². The van der Waals surface area contributed by atoms with E-state index in [1.165, 1.54) is 4.90 Å². The summed E-state index contributed by atoms with van der Waals surface area (Å²) in [6.07, 6.45) is 0.0663. The minimum absolute atomic E-state index is 0.0331. The maximum atomic E-state index is 15.0. The lowest BCUT2D eigenvalue weighted by atomic mass is 9.91. The van der Waals surface area contributed by atoms with Gasteiger partial charge < -0.3 is 19.9 Å². The van der Waals surface area contributed by atoms with Crippen LogP contribution in [0.3, 0.4) is 0 Å². The van der Waals surface area contributed by atoms with Gasteiger partial charge in [-0.1, -0.05) is 18.2 Å². The summed E-state index contributed by atoms with van der Waals surface area (Å²) in [4.78, 5) is 27.7. The zero-order valence-electron chi connectivity index (χ0n) is 13.5. The van der Waals surface area contributed by atoms with E-state index in [1.54, 1.807) is 17.0 Å². The quantitative estimate of drug-likeness (QED) is 0.898. The molecule has 3 amide bonds. The molecule has 2 saturated heterocycles. The van der Waals surface area contributed by atoms with Gasteiger partial charge in [0.2, 0.25) is 0 Å². The standard InChI is InChI=1S/C17H22FN3O3/c18-17(15(22)20-10-12-24-13-11-20)6-8-21(9-7-17)16(23)19-14-4-2-1-3-5-14/h1-5H,6-13H2,(H,19,23). The molecule has 0 spiro atoms. The molecule has 2 aliphatic rings. The SMILES string of the molecule is O=C(Nc1ccccc1)N1CCC(F)(C(=O)N2CCOCC2)CC1. The van der Waals surface area contributed by atoms with E-state index in [9.17, 15) is 9.59 Å². The molecule has 1 aromatic carbocycles. The molecular formula is C17H22FN3O3. The first-order valence-corrected chi connectivity index (χ1v) is 8.25. The summed E-state index contributed by atoms with van der Waals surface area (Å²) in [7, 11) is 0. The predicted molar refractivity (Wildman–Crippen MR) is 87.5 cm³/mol. The van der Waals surface area contributed by atoms with Crippen molar-refractivity contribution < 1.29 is 18.7 Å². The van der Waals surface area contributed by atoms with Crippen molar-refractivity contribution in [2.24, 2.45) is 0 Å². The highest BCUT2D eigenvalue weighted by atomic mass is 19.1. The van der Waals surface area contributed by atoms with Crippen molar-refractivity contribution in [3.05, 3.63) is 30.3 Å². The Morgan fingerprint density at radius 2 is 1.62 bits per heavy atom. The summed E-state index contributed by atoms with van der Waals surface area (Å²) < 4.78 is 20.2. The number of morpholine rings is 1. The number of rotatable bonds is 2. The fourth-order valence-corrected chi connectivity index (χ4v) is 3.05. The van der Waals surface area contributed by atoms with Gasteiger partial charge in [0.1, 0.15) is 0 Å². The lowest BCUT2D eigenvalue weighted by Gasteiger charge is -2.39. The molecule has 0 saturated carbocycles. The molecule has 0 radical (unpaired) electrons. The Morgan fingerprint density at radius 3 is 2.25 bits per heavy atom. The molecule has 0 atom stereocenters. The minimum Gasteiger partial charge on any atom is -0.378 e. The normalized spacial score (nSPS) is 20.5. The number of halogens is 1. The van der Waals surface area contributed by atoms with Gasteiger partial charge in [-0.2, -0.15) is 0 Å². The Labute approximate surface area is 140 Å². The van der Waals surface area contributed by atoms with Gasteiger partial charge in [0.05, 0.1) is 13.2 Å². The fourth-order valence-electron chi connectivity index (χ4n) is 3.05. The van der Waals surface area contributed by atoms with Gasteiger partial charge >= 0.3 is 6.03 Å². The van der Waals surface area contributed by atoms with Crippen molar-refractivity contribution >= 4 is 17.6 Å². The zero-order chi connectivity index (χ0) is 17.0. The number of amides is 3. The van der Waals surface area contributed by atoms with Crippen LogP contribution >= 0.6 is 0 Å². The molecular weight excluding hydrogens is 313 g/mol. The number of para-hydroxylation sites is 1. The number of urea groups is 1. The second-order valence-corrected chi connectivity index (χ2v) is 6.15. The minimum atomic E-state index is -1.87. The number of ether oxygens (including phenoxy) is 1. The average molecular weight is 335 g/mol. The number of carbonyl (C=O) groups excluding carboxylic acids is 2. The number of benzene rings is 1. The largest absolute Gasteiger partial charge is 0.378 e. The molecule has 2 fully saturated rings. The third kappa shape index (κ3) is 3.67. The maximum Gasteiger partial charge on any atom is 0.321 e. The summed E-state index contributed by atoms with van der Waals surface area (Å²) in [5.74, 6) is -0.464. The van der Waals surface area contributed by atoms with Crippen LogP contribution in [0.2, 0.25) is 0 Å². The Morgan fingerprint density at radius 1 is 1.00 bits per heavy atom. The number of nitrogens with one attached hydrogen (secondary N) is 1. The second-order valence-electron chi connectivity index (χ2n) is 6.15. The topological polar surface area (TPSA) is 61.9 Å². The van der Waals surface area contributed by atoms with E-state index in [0.29, 0.717) is 32.0 Å². The van der Waals surface area contributed by atoms with Crippen molar-refractivity contribution in [3.8, 4) is 0 Å². The van der Waals surface area contributed by atoms with Crippen molar-refractivity contribution in [2.75, 3.05) is 44.7 Å². The third-order valence-corrected chi connectivity index (χ3v) is 4.55. The van der Waals surface area contributed by atoms with Crippen LogP contribution in [0.25, 0.3) is 0 Å². The number of anilines is 1. The highest BCUT2D eigenvalue weighted by molar-refractivity contribution is 5.90. The lowest BCUT2D eigenvalue weighted by molar-refractivity contribution is -0.151. The Balaban J connectivity index is 1.54. The smallest absolute Gasteiger partial charge is 0.321 e. The fraction of sp³-hybridized carbons (Fsp3) is 0.529. The first-order chi connectivity index (χ1) is 11.6. The molecule has 3 rings (SSSR count). The van der Waals surface area contributed by atoms with Crippen LogP contribution in [0.15, 0.2) is 30.3 Å². The van der Waals surface area contributed by atoms with E-state index in [0.717, 1.165) is 0 Å². The molecule has 2 heterocycles. The molecule has 130 valence electrons. The second kappa shape index (κ2) is 7.17. The van der Waals surface area contributed by atoms with Crippen molar-refractivity contribution in [2.45, 2.75) is 18.5 Å². The molecule has 2 aliphatic heterocycles. The van der Waals surface area contributed by atoms with Gasteiger partial charge in [0.15, 0.2) is 5.67 Å². The number of hydrogen-bond acceptors (Lipinski definition) is 3. The Hall–Kier alpha value is -2.15. The highest BCUT2D eigenvalue weighted by Crippen LogP contribution is 2.29. The molecule has 0 bridgehead atoms. The highest BCUT2D eigenvalue weighted by Gasteiger charge is 2.45. The molecule has 6 nitrogen and oxygen atoms in total. The van der Waals surface area contributed by atoms with Crippen LogP contribution in [0, 0.1) is 0 Å².